The molecule has 0 aliphatic carbocycles. The number of hydrogen-bond acceptors (Lipinski definition) is 6. The van der Waals surface area contributed by atoms with Crippen LogP contribution in [-0.4, -0.2) is 30.6 Å². The van der Waals surface area contributed by atoms with Crippen LogP contribution in [-0.2, 0) is 0 Å². The number of aromatic nitrogens is 5. The van der Waals surface area contributed by atoms with Crippen LogP contribution in [0.3, 0.4) is 0 Å². The number of para-hydroxylation sites is 1. The lowest BCUT2D eigenvalue weighted by molar-refractivity contribution is 0.102. The first-order valence-corrected chi connectivity index (χ1v) is 11.3. The Hall–Kier alpha value is -4.59. The van der Waals surface area contributed by atoms with Crippen LogP contribution in [0.1, 0.15) is 33.0 Å². The number of benzene rings is 2. The summed E-state index contributed by atoms with van der Waals surface area (Å²) in [4.78, 5) is 26.6. The van der Waals surface area contributed by atoms with E-state index in [1.165, 1.54) is 0 Å². The van der Waals surface area contributed by atoms with Gasteiger partial charge in [0.1, 0.15) is 5.82 Å². The maximum absolute atomic E-state index is 13.0. The fourth-order valence-corrected chi connectivity index (χ4v) is 4.01. The van der Waals surface area contributed by atoms with Gasteiger partial charge >= 0.3 is 0 Å². The first-order chi connectivity index (χ1) is 16.9. The number of hydrogen-bond donors (Lipinski definition) is 2. The fraction of sp³-hybridized carbons (Fsp3) is 0.148. The topological polar surface area (TPSA) is 97.6 Å². The molecule has 0 fully saturated rings. The maximum Gasteiger partial charge on any atom is 0.256 e. The number of anilines is 3. The number of nitrogens with zero attached hydrogens (tertiary/aromatic N) is 5. The largest absolute Gasteiger partial charge is 0.324 e. The molecule has 2 N–H and O–H groups in total. The average molecular weight is 464 g/mol. The van der Waals surface area contributed by atoms with Crippen LogP contribution in [0, 0.1) is 27.7 Å². The van der Waals surface area contributed by atoms with Crippen molar-refractivity contribution in [1.82, 2.24) is 24.7 Å². The summed E-state index contributed by atoms with van der Waals surface area (Å²) in [5.74, 6) is 1.49. The average Bonchev–Trinajstić information content (AvgIpc) is 3.18. The number of amides is 1. The highest BCUT2D eigenvalue weighted by Crippen LogP contribution is 2.23. The van der Waals surface area contributed by atoms with Gasteiger partial charge in [0.2, 0.25) is 5.95 Å². The molecule has 2 aromatic carbocycles. The summed E-state index contributed by atoms with van der Waals surface area (Å²) in [6.45, 7) is 7.78. The molecule has 8 nitrogen and oxygen atoms in total. The van der Waals surface area contributed by atoms with E-state index >= 15 is 0 Å². The summed E-state index contributed by atoms with van der Waals surface area (Å²) in [5, 5.41) is 11.8. The van der Waals surface area contributed by atoms with E-state index in [1.807, 2.05) is 82.3 Å². The van der Waals surface area contributed by atoms with Crippen LogP contribution in [0.25, 0.3) is 16.7 Å². The minimum absolute atomic E-state index is 0.238. The highest BCUT2D eigenvalue weighted by Gasteiger charge is 2.15. The van der Waals surface area contributed by atoms with Crippen molar-refractivity contribution in [2.45, 2.75) is 27.7 Å². The normalized spacial score (nSPS) is 11.0. The number of aryl methyl sites for hydroxylation is 4. The molecule has 3 heterocycles. The Bertz CT molecular complexity index is 1530. The standard InChI is InChI=1S/C27H25N7O/c1-16-13-24(31-23-8-6-5-7-22(16)23)34-25(15-19(4)33-34)32-26(35)20-9-11-21(12-10-20)30-27-28-17(2)14-18(3)29-27/h5-15H,1-4H3,(H,32,35)(H,28,29,30). The third-order valence-electron chi connectivity index (χ3n) is 5.59. The predicted octanol–water partition coefficient (Wildman–Crippen LogP) is 5.44. The van der Waals surface area contributed by atoms with E-state index in [2.05, 4.69) is 25.7 Å². The van der Waals surface area contributed by atoms with Crippen molar-refractivity contribution in [2.24, 2.45) is 0 Å². The Balaban J connectivity index is 1.37. The third-order valence-corrected chi connectivity index (χ3v) is 5.59. The van der Waals surface area contributed by atoms with E-state index in [1.54, 1.807) is 16.8 Å². The van der Waals surface area contributed by atoms with Crippen LogP contribution in [0.5, 0.6) is 0 Å². The number of carbonyl (C=O) groups is 1. The molecule has 0 atom stereocenters. The highest BCUT2D eigenvalue weighted by molar-refractivity contribution is 6.04. The van der Waals surface area contributed by atoms with Crippen LogP contribution in [0.2, 0.25) is 0 Å². The second-order valence-corrected chi connectivity index (χ2v) is 8.53. The Morgan fingerprint density at radius 3 is 2.26 bits per heavy atom. The lowest BCUT2D eigenvalue weighted by Gasteiger charge is -2.11. The monoisotopic (exact) mass is 463 g/mol. The van der Waals surface area contributed by atoms with Gasteiger partial charge < -0.3 is 10.6 Å². The van der Waals surface area contributed by atoms with Crippen molar-refractivity contribution in [3.05, 3.63) is 94.9 Å². The molecule has 3 aromatic heterocycles. The lowest BCUT2D eigenvalue weighted by atomic mass is 10.1. The summed E-state index contributed by atoms with van der Waals surface area (Å²) >= 11 is 0. The Labute approximate surface area is 203 Å². The van der Waals surface area contributed by atoms with E-state index in [0.717, 1.165) is 39.2 Å². The fourth-order valence-electron chi connectivity index (χ4n) is 4.01. The van der Waals surface area contributed by atoms with Crippen LogP contribution < -0.4 is 10.6 Å². The Morgan fingerprint density at radius 1 is 0.800 bits per heavy atom. The van der Waals surface area contributed by atoms with E-state index in [4.69, 9.17) is 4.98 Å². The molecule has 174 valence electrons. The molecule has 1 amide bonds. The van der Waals surface area contributed by atoms with Crippen molar-refractivity contribution < 1.29 is 4.79 Å². The van der Waals surface area contributed by atoms with Gasteiger partial charge in [-0.3, -0.25) is 4.79 Å². The zero-order valence-corrected chi connectivity index (χ0v) is 20.0. The number of rotatable bonds is 5. The molecule has 0 bridgehead atoms. The van der Waals surface area contributed by atoms with Gasteiger partial charge in [0.15, 0.2) is 5.82 Å². The Morgan fingerprint density at radius 2 is 1.51 bits per heavy atom. The van der Waals surface area contributed by atoms with Crippen molar-refractivity contribution >= 4 is 34.3 Å². The first-order valence-electron chi connectivity index (χ1n) is 11.3. The smallest absolute Gasteiger partial charge is 0.256 e. The van der Waals surface area contributed by atoms with Gasteiger partial charge in [0.05, 0.1) is 11.2 Å². The second kappa shape index (κ2) is 8.98. The van der Waals surface area contributed by atoms with E-state index in [-0.39, 0.29) is 5.91 Å². The summed E-state index contributed by atoms with van der Waals surface area (Å²) < 4.78 is 1.67. The van der Waals surface area contributed by atoms with Crippen LogP contribution in [0.4, 0.5) is 17.5 Å². The van der Waals surface area contributed by atoms with Gasteiger partial charge in [-0.2, -0.15) is 9.78 Å². The molecular formula is C27H25N7O. The first kappa shape index (κ1) is 22.2. The van der Waals surface area contributed by atoms with Gasteiger partial charge in [-0.15, -0.1) is 0 Å². The summed E-state index contributed by atoms with van der Waals surface area (Å²) in [6.07, 6.45) is 0. The van der Waals surface area contributed by atoms with Gasteiger partial charge in [-0.25, -0.2) is 15.0 Å². The quantitative estimate of drug-likeness (QED) is 0.360. The highest BCUT2D eigenvalue weighted by atomic mass is 16.1. The van der Waals surface area contributed by atoms with E-state index in [0.29, 0.717) is 23.1 Å². The van der Waals surface area contributed by atoms with Gasteiger partial charge in [0.25, 0.3) is 5.91 Å². The van der Waals surface area contributed by atoms with Crippen LogP contribution >= 0.6 is 0 Å². The minimum Gasteiger partial charge on any atom is -0.324 e. The molecule has 5 rings (SSSR count). The van der Waals surface area contributed by atoms with Crippen molar-refractivity contribution in [1.29, 1.82) is 0 Å². The molecular weight excluding hydrogens is 438 g/mol. The molecule has 5 aromatic rings. The minimum atomic E-state index is -0.238. The lowest BCUT2D eigenvalue weighted by Crippen LogP contribution is -2.15. The third kappa shape index (κ3) is 4.72. The molecule has 0 spiro atoms. The molecule has 0 unspecified atom stereocenters. The predicted molar refractivity (Wildman–Crippen MR) is 138 cm³/mol. The van der Waals surface area contributed by atoms with Gasteiger partial charge in [-0.05, 0) is 75.7 Å². The second-order valence-electron chi connectivity index (χ2n) is 8.53. The van der Waals surface area contributed by atoms with Crippen molar-refractivity contribution in [3.8, 4) is 5.82 Å². The van der Waals surface area contributed by atoms with Crippen molar-refractivity contribution in [3.63, 3.8) is 0 Å². The number of carbonyl (C=O) groups excluding carboxylic acids is 1. The number of fused-ring (bicyclic) bond motifs is 1. The zero-order valence-electron chi connectivity index (χ0n) is 20.0. The SMILES string of the molecule is Cc1cc(C)nc(Nc2ccc(C(=O)Nc3cc(C)nn3-c3cc(C)c4ccccc4n3)cc2)n1. The molecule has 0 aliphatic rings. The molecule has 0 radical (unpaired) electrons. The zero-order chi connectivity index (χ0) is 24.5. The van der Waals surface area contributed by atoms with Gasteiger partial charge in [-0.1, -0.05) is 18.2 Å². The molecule has 0 saturated heterocycles. The van der Waals surface area contributed by atoms with E-state index < -0.39 is 0 Å². The summed E-state index contributed by atoms with van der Waals surface area (Å²) in [5.41, 5.74) is 5.84. The van der Waals surface area contributed by atoms with Crippen LogP contribution in [0.15, 0.2) is 66.7 Å². The molecule has 8 heteroatoms. The number of pyridine rings is 1. The van der Waals surface area contributed by atoms with Gasteiger partial charge in [0, 0.05) is 34.1 Å². The molecule has 35 heavy (non-hydrogen) atoms. The van der Waals surface area contributed by atoms with Crippen molar-refractivity contribution in [2.75, 3.05) is 10.6 Å². The molecule has 0 aliphatic heterocycles. The molecule has 0 saturated carbocycles. The summed E-state index contributed by atoms with van der Waals surface area (Å²) in [6, 6.07) is 20.9. The van der Waals surface area contributed by atoms with E-state index in [9.17, 15) is 4.79 Å². The number of nitrogens with one attached hydrogen (secondary N) is 2. The summed E-state index contributed by atoms with van der Waals surface area (Å²) in [7, 11) is 0. The maximum atomic E-state index is 13.0. The Kier molecular flexibility index (Phi) is 5.70.